The molecule has 3 N–H and O–H groups in total. The SMILES string of the molecule is NC(=NO)c1cccc(CN2CCN(C3CC3)CC2)c1. The Bertz CT molecular complexity index is 490. The van der Waals surface area contributed by atoms with Crippen molar-refractivity contribution in [3.8, 4) is 0 Å². The summed E-state index contributed by atoms with van der Waals surface area (Å²) in [5.74, 6) is 0.172. The minimum Gasteiger partial charge on any atom is -0.409 e. The van der Waals surface area contributed by atoms with Crippen LogP contribution in [0.4, 0.5) is 0 Å². The molecule has 1 saturated carbocycles. The van der Waals surface area contributed by atoms with Gasteiger partial charge in [-0.25, -0.2) is 0 Å². The maximum Gasteiger partial charge on any atom is 0.170 e. The molecule has 1 aliphatic carbocycles. The Morgan fingerprint density at radius 2 is 2.00 bits per heavy atom. The van der Waals surface area contributed by atoms with Gasteiger partial charge in [0.25, 0.3) is 0 Å². The summed E-state index contributed by atoms with van der Waals surface area (Å²) in [6, 6.07) is 8.80. The van der Waals surface area contributed by atoms with Crippen molar-refractivity contribution >= 4 is 5.84 Å². The lowest BCUT2D eigenvalue weighted by Crippen LogP contribution is -2.46. The first kappa shape index (κ1) is 13.4. The summed E-state index contributed by atoms with van der Waals surface area (Å²) in [4.78, 5) is 5.09. The van der Waals surface area contributed by atoms with Crippen LogP contribution in [0.15, 0.2) is 29.4 Å². The van der Waals surface area contributed by atoms with Crippen LogP contribution in [0, 0.1) is 0 Å². The van der Waals surface area contributed by atoms with E-state index in [2.05, 4.69) is 21.0 Å². The fourth-order valence-corrected chi connectivity index (χ4v) is 2.87. The first-order chi connectivity index (χ1) is 9.76. The lowest BCUT2D eigenvalue weighted by Gasteiger charge is -2.34. The average Bonchev–Trinajstić information content (AvgIpc) is 3.32. The lowest BCUT2D eigenvalue weighted by atomic mass is 10.1. The van der Waals surface area contributed by atoms with E-state index in [1.54, 1.807) is 0 Å². The minimum absolute atomic E-state index is 0.172. The second-order valence-electron chi connectivity index (χ2n) is 5.73. The molecule has 20 heavy (non-hydrogen) atoms. The molecule has 1 aromatic rings. The predicted octanol–water partition coefficient (Wildman–Crippen LogP) is 1.06. The first-order valence-corrected chi connectivity index (χ1v) is 7.29. The maximum atomic E-state index is 8.73. The third-order valence-corrected chi connectivity index (χ3v) is 4.21. The fourth-order valence-electron chi connectivity index (χ4n) is 2.87. The van der Waals surface area contributed by atoms with Gasteiger partial charge in [-0.1, -0.05) is 23.4 Å². The zero-order valence-electron chi connectivity index (χ0n) is 11.7. The average molecular weight is 274 g/mol. The number of nitrogens with zero attached hydrogens (tertiary/aromatic N) is 3. The Morgan fingerprint density at radius 3 is 2.65 bits per heavy atom. The number of rotatable bonds is 4. The van der Waals surface area contributed by atoms with E-state index in [4.69, 9.17) is 10.9 Å². The van der Waals surface area contributed by atoms with Crippen LogP contribution in [-0.2, 0) is 6.54 Å². The molecule has 5 heteroatoms. The Hall–Kier alpha value is -1.59. The molecule has 0 radical (unpaired) electrons. The summed E-state index contributed by atoms with van der Waals surface area (Å²) < 4.78 is 0. The van der Waals surface area contributed by atoms with Gasteiger partial charge in [-0.05, 0) is 24.5 Å². The van der Waals surface area contributed by atoms with Gasteiger partial charge in [0, 0.05) is 44.3 Å². The zero-order chi connectivity index (χ0) is 13.9. The van der Waals surface area contributed by atoms with Crippen LogP contribution in [0.1, 0.15) is 24.0 Å². The number of amidine groups is 1. The number of piperazine rings is 1. The molecule has 3 rings (SSSR count). The van der Waals surface area contributed by atoms with Gasteiger partial charge in [0.15, 0.2) is 5.84 Å². The standard InChI is InChI=1S/C15H22N4O/c16-15(17-20)13-3-1-2-12(10-13)11-18-6-8-19(9-7-18)14-4-5-14/h1-3,10,14,20H,4-9,11H2,(H2,16,17). The molecule has 0 amide bonds. The number of hydrogen-bond donors (Lipinski definition) is 2. The summed E-state index contributed by atoms with van der Waals surface area (Å²) in [7, 11) is 0. The van der Waals surface area contributed by atoms with E-state index in [-0.39, 0.29) is 5.84 Å². The van der Waals surface area contributed by atoms with Gasteiger partial charge >= 0.3 is 0 Å². The molecule has 2 aliphatic rings. The molecule has 0 unspecified atom stereocenters. The second kappa shape index (κ2) is 5.81. The van der Waals surface area contributed by atoms with Crippen molar-refractivity contribution in [2.75, 3.05) is 26.2 Å². The molecule has 0 atom stereocenters. The summed E-state index contributed by atoms with van der Waals surface area (Å²) in [5, 5.41) is 11.8. The van der Waals surface area contributed by atoms with Crippen LogP contribution >= 0.6 is 0 Å². The lowest BCUT2D eigenvalue weighted by molar-refractivity contribution is 0.121. The smallest absolute Gasteiger partial charge is 0.170 e. The molecule has 108 valence electrons. The fraction of sp³-hybridized carbons (Fsp3) is 0.533. The van der Waals surface area contributed by atoms with Gasteiger partial charge in [0.05, 0.1) is 0 Å². The molecule has 0 aromatic heterocycles. The van der Waals surface area contributed by atoms with E-state index >= 15 is 0 Å². The Balaban J connectivity index is 1.58. The summed E-state index contributed by atoms with van der Waals surface area (Å²) >= 11 is 0. The molecule has 5 nitrogen and oxygen atoms in total. The van der Waals surface area contributed by atoms with Crippen LogP contribution in [0.5, 0.6) is 0 Å². The highest BCUT2D eigenvalue weighted by Crippen LogP contribution is 2.27. The van der Waals surface area contributed by atoms with Crippen LogP contribution in [0.25, 0.3) is 0 Å². The van der Waals surface area contributed by atoms with Gasteiger partial charge in [-0.2, -0.15) is 0 Å². The zero-order valence-corrected chi connectivity index (χ0v) is 11.7. The molecular weight excluding hydrogens is 252 g/mol. The van der Waals surface area contributed by atoms with E-state index in [0.29, 0.717) is 0 Å². The minimum atomic E-state index is 0.172. The highest BCUT2D eigenvalue weighted by Gasteiger charge is 2.30. The second-order valence-corrected chi connectivity index (χ2v) is 5.73. The summed E-state index contributed by atoms with van der Waals surface area (Å²) in [5.41, 5.74) is 7.63. The van der Waals surface area contributed by atoms with Gasteiger partial charge < -0.3 is 10.9 Å². The van der Waals surface area contributed by atoms with E-state index < -0.39 is 0 Å². The molecule has 1 aliphatic heterocycles. The summed E-state index contributed by atoms with van der Waals surface area (Å²) in [6.45, 7) is 5.56. The molecule has 1 aromatic carbocycles. The molecule has 0 spiro atoms. The van der Waals surface area contributed by atoms with Gasteiger partial charge in [0.2, 0.25) is 0 Å². The topological polar surface area (TPSA) is 65.1 Å². The molecule has 1 saturated heterocycles. The van der Waals surface area contributed by atoms with Crippen LogP contribution in [-0.4, -0.2) is 53.1 Å². The molecular formula is C15H22N4O. The van der Waals surface area contributed by atoms with Crippen LogP contribution in [0.2, 0.25) is 0 Å². The van der Waals surface area contributed by atoms with Crippen molar-refractivity contribution in [2.45, 2.75) is 25.4 Å². The Morgan fingerprint density at radius 1 is 1.25 bits per heavy atom. The summed E-state index contributed by atoms with van der Waals surface area (Å²) in [6.07, 6.45) is 2.78. The largest absolute Gasteiger partial charge is 0.409 e. The number of benzene rings is 1. The normalized spacial score (nSPS) is 22.1. The third-order valence-electron chi connectivity index (χ3n) is 4.21. The van der Waals surface area contributed by atoms with E-state index in [9.17, 15) is 0 Å². The maximum absolute atomic E-state index is 8.73. The van der Waals surface area contributed by atoms with Crippen molar-refractivity contribution in [1.29, 1.82) is 0 Å². The molecule has 2 fully saturated rings. The predicted molar refractivity (Wildman–Crippen MR) is 78.8 cm³/mol. The highest BCUT2D eigenvalue weighted by molar-refractivity contribution is 5.97. The van der Waals surface area contributed by atoms with E-state index in [1.807, 2.05) is 18.2 Å². The van der Waals surface area contributed by atoms with Crippen molar-refractivity contribution in [3.63, 3.8) is 0 Å². The number of hydrogen-bond acceptors (Lipinski definition) is 4. The van der Waals surface area contributed by atoms with Crippen molar-refractivity contribution in [2.24, 2.45) is 10.9 Å². The Kier molecular flexibility index (Phi) is 3.89. The highest BCUT2D eigenvalue weighted by atomic mass is 16.4. The van der Waals surface area contributed by atoms with E-state index in [0.717, 1.165) is 31.2 Å². The number of oxime groups is 1. The van der Waals surface area contributed by atoms with Crippen LogP contribution in [0.3, 0.4) is 0 Å². The first-order valence-electron chi connectivity index (χ1n) is 7.29. The van der Waals surface area contributed by atoms with Crippen LogP contribution < -0.4 is 5.73 Å². The molecule has 0 bridgehead atoms. The monoisotopic (exact) mass is 274 g/mol. The number of nitrogens with two attached hydrogens (primary N) is 1. The molecule has 1 heterocycles. The third kappa shape index (κ3) is 3.11. The van der Waals surface area contributed by atoms with Crippen molar-refractivity contribution in [1.82, 2.24) is 9.80 Å². The van der Waals surface area contributed by atoms with Crippen molar-refractivity contribution < 1.29 is 5.21 Å². The van der Waals surface area contributed by atoms with E-state index in [1.165, 1.54) is 31.5 Å². The van der Waals surface area contributed by atoms with Gasteiger partial charge in [0.1, 0.15) is 0 Å². The van der Waals surface area contributed by atoms with Gasteiger partial charge in [-0.15, -0.1) is 0 Å². The van der Waals surface area contributed by atoms with Gasteiger partial charge in [-0.3, -0.25) is 9.80 Å². The van der Waals surface area contributed by atoms with Crippen molar-refractivity contribution in [3.05, 3.63) is 35.4 Å². The quantitative estimate of drug-likeness (QED) is 0.373. The Labute approximate surface area is 119 Å².